The van der Waals surface area contributed by atoms with Crippen molar-refractivity contribution < 1.29 is 9.47 Å². The van der Waals surface area contributed by atoms with Crippen molar-refractivity contribution in [2.24, 2.45) is 5.92 Å². The molecule has 0 aliphatic carbocycles. The monoisotopic (exact) mass is 171 g/mol. The number of rotatable bonds is 1. The second-order valence-corrected chi connectivity index (χ2v) is 3.55. The first-order valence-electron chi connectivity index (χ1n) is 4.89. The first-order chi connectivity index (χ1) is 5.97. The van der Waals surface area contributed by atoms with Gasteiger partial charge in [0.2, 0.25) is 0 Å². The van der Waals surface area contributed by atoms with Gasteiger partial charge >= 0.3 is 0 Å². The molecule has 12 heavy (non-hydrogen) atoms. The van der Waals surface area contributed by atoms with Gasteiger partial charge in [-0.1, -0.05) is 0 Å². The zero-order chi connectivity index (χ0) is 8.23. The van der Waals surface area contributed by atoms with Crippen molar-refractivity contribution in [2.75, 3.05) is 26.4 Å². The van der Waals surface area contributed by atoms with Crippen LogP contribution in [0.3, 0.4) is 0 Å². The molecule has 0 amide bonds. The first-order valence-corrected chi connectivity index (χ1v) is 4.89. The molecule has 0 aromatic heterocycles. The van der Waals surface area contributed by atoms with E-state index in [0.717, 1.165) is 45.6 Å². The van der Waals surface area contributed by atoms with Crippen molar-refractivity contribution in [1.29, 1.82) is 0 Å². The van der Waals surface area contributed by atoms with Gasteiger partial charge in [0.1, 0.15) is 6.23 Å². The Balaban J connectivity index is 1.80. The van der Waals surface area contributed by atoms with Gasteiger partial charge in [-0.05, 0) is 25.8 Å². The van der Waals surface area contributed by atoms with Crippen LogP contribution in [0, 0.1) is 5.92 Å². The Morgan fingerprint density at radius 1 is 1.08 bits per heavy atom. The van der Waals surface area contributed by atoms with E-state index in [1.807, 2.05) is 0 Å². The fourth-order valence-electron chi connectivity index (χ4n) is 1.91. The van der Waals surface area contributed by atoms with E-state index in [1.165, 1.54) is 0 Å². The smallest absolute Gasteiger partial charge is 0.111 e. The number of nitrogens with one attached hydrogen (secondary N) is 1. The van der Waals surface area contributed by atoms with Crippen LogP contribution in [0.4, 0.5) is 0 Å². The molecule has 0 bridgehead atoms. The lowest BCUT2D eigenvalue weighted by molar-refractivity contribution is -0.0674. The molecule has 1 atom stereocenters. The molecule has 2 rings (SSSR count). The maximum Gasteiger partial charge on any atom is 0.111 e. The highest BCUT2D eigenvalue weighted by atomic mass is 16.5. The molecule has 70 valence electrons. The van der Waals surface area contributed by atoms with Crippen LogP contribution in [0.2, 0.25) is 0 Å². The third kappa shape index (κ3) is 1.97. The zero-order valence-corrected chi connectivity index (χ0v) is 7.42. The maximum absolute atomic E-state index is 5.65. The highest BCUT2D eigenvalue weighted by Crippen LogP contribution is 2.20. The molecule has 0 aromatic rings. The SMILES string of the molecule is C1CNC(C2CCOCC2)OC1. The fourth-order valence-corrected chi connectivity index (χ4v) is 1.91. The molecule has 0 spiro atoms. The molecule has 0 aromatic carbocycles. The van der Waals surface area contributed by atoms with Crippen molar-refractivity contribution in [2.45, 2.75) is 25.5 Å². The lowest BCUT2D eigenvalue weighted by Crippen LogP contribution is -2.45. The Morgan fingerprint density at radius 3 is 2.58 bits per heavy atom. The summed E-state index contributed by atoms with van der Waals surface area (Å²) in [5.74, 6) is 0.680. The predicted octanol–water partition coefficient (Wildman–Crippen LogP) is 0.749. The molecular weight excluding hydrogens is 154 g/mol. The Morgan fingerprint density at radius 2 is 1.92 bits per heavy atom. The van der Waals surface area contributed by atoms with Crippen molar-refractivity contribution >= 4 is 0 Å². The molecular formula is C9H17NO2. The number of hydrogen-bond donors (Lipinski definition) is 1. The van der Waals surface area contributed by atoms with Crippen molar-refractivity contribution in [3.05, 3.63) is 0 Å². The van der Waals surface area contributed by atoms with Gasteiger partial charge in [-0.2, -0.15) is 0 Å². The van der Waals surface area contributed by atoms with Crippen LogP contribution in [0.25, 0.3) is 0 Å². The second-order valence-electron chi connectivity index (χ2n) is 3.55. The topological polar surface area (TPSA) is 30.5 Å². The van der Waals surface area contributed by atoms with E-state index in [1.54, 1.807) is 0 Å². The van der Waals surface area contributed by atoms with Crippen LogP contribution in [0.5, 0.6) is 0 Å². The molecule has 2 saturated heterocycles. The lowest BCUT2D eigenvalue weighted by atomic mass is 9.98. The van der Waals surface area contributed by atoms with Gasteiger partial charge in [-0.25, -0.2) is 0 Å². The Hall–Kier alpha value is -0.120. The molecule has 0 radical (unpaired) electrons. The molecule has 2 aliphatic heterocycles. The van der Waals surface area contributed by atoms with E-state index >= 15 is 0 Å². The van der Waals surface area contributed by atoms with Crippen LogP contribution >= 0.6 is 0 Å². The summed E-state index contributed by atoms with van der Waals surface area (Å²) >= 11 is 0. The molecule has 2 fully saturated rings. The van der Waals surface area contributed by atoms with Gasteiger partial charge in [0.05, 0.1) is 0 Å². The zero-order valence-electron chi connectivity index (χ0n) is 7.42. The molecule has 2 heterocycles. The minimum atomic E-state index is 0.308. The van der Waals surface area contributed by atoms with Crippen molar-refractivity contribution in [1.82, 2.24) is 5.32 Å². The second kappa shape index (κ2) is 4.21. The quantitative estimate of drug-likeness (QED) is 0.631. The largest absolute Gasteiger partial charge is 0.381 e. The molecule has 1 N–H and O–H groups in total. The van der Waals surface area contributed by atoms with E-state index < -0.39 is 0 Å². The predicted molar refractivity (Wildman–Crippen MR) is 45.9 cm³/mol. The van der Waals surface area contributed by atoms with Crippen LogP contribution in [0.1, 0.15) is 19.3 Å². The Kier molecular flexibility index (Phi) is 2.98. The van der Waals surface area contributed by atoms with Crippen LogP contribution in [0.15, 0.2) is 0 Å². The molecule has 1 unspecified atom stereocenters. The maximum atomic E-state index is 5.65. The lowest BCUT2D eigenvalue weighted by Gasteiger charge is -2.33. The van der Waals surface area contributed by atoms with E-state index in [0.29, 0.717) is 12.1 Å². The highest BCUT2D eigenvalue weighted by molar-refractivity contribution is 4.73. The van der Waals surface area contributed by atoms with Gasteiger partial charge in [-0.3, -0.25) is 5.32 Å². The summed E-state index contributed by atoms with van der Waals surface area (Å²) in [5, 5.41) is 3.41. The third-order valence-electron chi connectivity index (χ3n) is 2.66. The minimum Gasteiger partial charge on any atom is -0.381 e. The normalized spacial score (nSPS) is 33.5. The van der Waals surface area contributed by atoms with Crippen molar-refractivity contribution in [3.8, 4) is 0 Å². The third-order valence-corrected chi connectivity index (χ3v) is 2.66. The highest BCUT2D eigenvalue weighted by Gasteiger charge is 2.25. The summed E-state index contributed by atoms with van der Waals surface area (Å²) in [5.41, 5.74) is 0. The van der Waals surface area contributed by atoms with Gasteiger partial charge in [-0.15, -0.1) is 0 Å². The minimum absolute atomic E-state index is 0.308. The van der Waals surface area contributed by atoms with E-state index in [9.17, 15) is 0 Å². The average molecular weight is 171 g/mol. The summed E-state index contributed by atoms with van der Waals surface area (Å²) in [7, 11) is 0. The summed E-state index contributed by atoms with van der Waals surface area (Å²) < 4.78 is 11.0. The van der Waals surface area contributed by atoms with Crippen LogP contribution in [-0.4, -0.2) is 32.6 Å². The first kappa shape index (κ1) is 8.48. The summed E-state index contributed by atoms with van der Waals surface area (Å²) in [4.78, 5) is 0. The van der Waals surface area contributed by atoms with E-state index in [4.69, 9.17) is 9.47 Å². The standard InChI is InChI=1S/C9H17NO2/c1-4-10-9(12-5-1)8-2-6-11-7-3-8/h8-10H,1-7H2. The number of ether oxygens (including phenoxy) is 2. The van der Waals surface area contributed by atoms with Gasteiger partial charge < -0.3 is 9.47 Å². The number of hydrogen-bond acceptors (Lipinski definition) is 3. The molecule has 2 aliphatic rings. The van der Waals surface area contributed by atoms with Crippen LogP contribution < -0.4 is 5.32 Å². The molecule has 0 saturated carbocycles. The Bertz CT molecular complexity index is 112. The summed E-state index contributed by atoms with van der Waals surface area (Å²) in [6.45, 7) is 3.86. The van der Waals surface area contributed by atoms with Gasteiger partial charge in [0, 0.05) is 25.7 Å². The van der Waals surface area contributed by atoms with E-state index in [2.05, 4.69) is 5.32 Å². The molecule has 3 nitrogen and oxygen atoms in total. The van der Waals surface area contributed by atoms with Gasteiger partial charge in [0.25, 0.3) is 0 Å². The van der Waals surface area contributed by atoms with Gasteiger partial charge in [0.15, 0.2) is 0 Å². The molecule has 3 heteroatoms. The van der Waals surface area contributed by atoms with Crippen LogP contribution in [-0.2, 0) is 9.47 Å². The fraction of sp³-hybridized carbons (Fsp3) is 1.00. The summed E-state index contributed by atoms with van der Waals surface area (Å²) in [6, 6.07) is 0. The summed E-state index contributed by atoms with van der Waals surface area (Å²) in [6.07, 6.45) is 3.76. The van der Waals surface area contributed by atoms with E-state index in [-0.39, 0.29) is 0 Å². The average Bonchev–Trinajstić information content (AvgIpc) is 2.21. The Labute approximate surface area is 73.4 Å². The van der Waals surface area contributed by atoms with Crippen molar-refractivity contribution in [3.63, 3.8) is 0 Å².